The van der Waals surface area contributed by atoms with Gasteiger partial charge in [-0.05, 0) is 59.2 Å². The second-order valence-corrected chi connectivity index (χ2v) is 9.74. The summed E-state index contributed by atoms with van der Waals surface area (Å²) in [4.78, 5) is 15.9. The molecule has 0 bridgehead atoms. The predicted molar refractivity (Wildman–Crippen MR) is 143 cm³/mol. The lowest BCUT2D eigenvalue weighted by Crippen LogP contribution is -2.19. The Labute approximate surface area is 215 Å². The van der Waals surface area contributed by atoms with Crippen LogP contribution in [0.4, 0.5) is 0 Å². The zero-order chi connectivity index (χ0) is 25.4. The second kappa shape index (κ2) is 9.17. The van der Waals surface area contributed by atoms with Crippen molar-refractivity contribution in [1.82, 2.24) is 10.1 Å². The van der Waals surface area contributed by atoms with Gasteiger partial charge in [0.2, 0.25) is 0 Å². The minimum absolute atomic E-state index is 0.680. The van der Waals surface area contributed by atoms with Crippen LogP contribution in [-0.4, -0.2) is 21.2 Å². The molecule has 0 spiro atoms. The summed E-state index contributed by atoms with van der Waals surface area (Å²) in [6.07, 6.45) is 5.79. The van der Waals surface area contributed by atoms with Crippen LogP contribution >= 0.6 is 0 Å². The highest BCUT2D eigenvalue weighted by Crippen LogP contribution is 2.48. The van der Waals surface area contributed by atoms with Gasteiger partial charge in [-0.15, -0.1) is 0 Å². The van der Waals surface area contributed by atoms with Crippen LogP contribution in [0.3, 0.4) is 0 Å². The number of carboxylic acids is 1. The van der Waals surface area contributed by atoms with E-state index in [2.05, 4.69) is 64.7 Å². The lowest BCUT2D eigenvalue weighted by atomic mass is 9.93. The van der Waals surface area contributed by atoms with Crippen LogP contribution in [0.5, 0.6) is 0 Å². The Morgan fingerprint density at radius 3 is 2.19 bits per heavy atom. The molecule has 2 heterocycles. The molecular formula is C32H26N2O3. The van der Waals surface area contributed by atoms with Gasteiger partial charge < -0.3 is 9.63 Å². The van der Waals surface area contributed by atoms with Gasteiger partial charge in [-0.2, -0.15) is 0 Å². The van der Waals surface area contributed by atoms with Gasteiger partial charge in [-0.3, -0.25) is 9.78 Å². The van der Waals surface area contributed by atoms with E-state index < -0.39 is 11.4 Å². The van der Waals surface area contributed by atoms with Crippen molar-refractivity contribution in [3.05, 3.63) is 120 Å². The smallest absolute Gasteiger partial charge is 0.314 e. The Morgan fingerprint density at radius 1 is 0.865 bits per heavy atom. The van der Waals surface area contributed by atoms with E-state index in [1.165, 1.54) is 5.56 Å². The van der Waals surface area contributed by atoms with Crippen molar-refractivity contribution in [2.24, 2.45) is 0 Å². The molecular weight excluding hydrogens is 460 g/mol. The Bertz CT molecular complexity index is 1570. The van der Waals surface area contributed by atoms with E-state index >= 15 is 0 Å². The minimum Gasteiger partial charge on any atom is -0.481 e. The lowest BCUT2D eigenvalue weighted by molar-refractivity contribution is -0.140. The largest absolute Gasteiger partial charge is 0.481 e. The number of rotatable bonds is 7. The molecule has 0 radical (unpaired) electrons. The molecule has 0 amide bonds. The quantitative estimate of drug-likeness (QED) is 0.266. The number of benzene rings is 3. The van der Waals surface area contributed by atoms with Crippen LogP contribution < -0.4 is 0 Å². The molecule has 0 saturated heterocycles. The Balaban J connectivity index is 1.24. The number of pyridine rings is 1. The number of carboxylic acid groups (broad SMARTS) is 1. The Kier molecular flexibility index (Phi) is 5.68. The van der Waals surface area contributed by atoms with Gasteiger partial charge in [0.05, 0.1) is 11.1 Å². The summed E-state index contributed by atoms with van der Waals surface area (Å²) in [5.74, 6) is 0.0508. The van der Waals surface area contributed by atoms with Gasteiger partial charge in [-0.25, -0.2) is 0 Å². The van der Waals surface area contributed by atoms with Gasteiger partial charge in [0.1, 0.15) is 0 Å². The summed E-state index contributed by atoms with van der Waals surface area (Å²) in [6.45, 7) is 1.98. The fourth-order valence-corrected chi connectivity index (χ4v) is 4.97. The van der Waals surface area contributed by atoms with Gasteiger partial charge in [0.25, 0.3) is 0 Å². The Hall–Kier alpha value is -4.51. The first kappa shape index (κ1) is 22.9. The monoisotopic (exact) mass is 486 g/mol. The van der Waals surface area contributed by atoms with Crippen LogP contribution in [0.1, 0.15) is 35.2 Å². The topological polar surface area (TPSA) is 76.2 Å². The van der Waals surface area contributed by atoms with Crippen molar-refractivity contribution in [2.45, 2.75) is 31.6 Å². The minimum atomic E-state index is -0.730. The molecule has 0 aliphatic heterocycles. The van der Waals surface area contributed by atoms with Crippen molar-refractivity contribution >= 4 is 5.97 Å². The standard InChI is InChI=1S/C32H26N2O3/c1-21-29(19-22-4-2-5-26(18-22)27-6-3-17-33-20-27)30(37-34-21)25-9-7-23(8-10-25)24-11-13-28(14-12-24)32(15-16-32)31(35)36/h2-14,17-18,20H,15-16,19H2,1H3,(H,35,36). The van der Waals surface area contributed by atoms with Crippen LogP contribution in [0.2, 0.25) is 0 Å². The molecule has 37 heavy (non-hydrogen) atoms. The first-order valence-electron chi connectivity index (χ1n) is 12.4. The number of hydrogen-bond donors (Lipinski definition) is 1. The summed E-state index contributed by atoms with van der Waals surface area (Å²) in [5.41, 5.74) is 8.66. The zero-order valence-corrected chi connectivity index (χ0v) is 20.5. The van der Waals surface area contributed by atoms with E-state index in [4.69, 9.17) is 4.52 Å². The summed E-state index contributed by atoms with van der Waals surface area (Å²) in [7, 11) is 0. The molecule has 2 aromatic heterocycles. The summed E-state index contributed by atoms with van der Waals surface area (Å²) in [6, 6.07) is 28.6. The maximum atomic E-state index is 11.6. The van der Waals surface area contributed by atoms with Crippen molar-refractivity contribution in [1.29, 1.82) is 0 Å². The maximum absolute atomic E-state index is 11.6. The number of aromatic nitrogens is 2. The number of hydrogen-bond acceptors (Lipinski definition) is 4. The van der Waals surface area contributed by atoms with E-state index in [1.807, 2.05) is 43.5 Å². The van der Waals surface area contributed by atoms with E-state index in [1.54, 1.807) is 6.20 Å². The third-order valence-electron chi connectivity index (χ3n) is 7.36. The molecule has 1 aliphatic rings. The molecule has 5 heteroatoms. The molecule has 1 fully saturated rings. The van der Waals surface area contributed by atoms with Crippen LogP contribution in [0.25, 0.3) is 33.6 Å². The second-order valence-electron chi connectivity index (χ2n) is 9.74. The highest BCUT2D eigenvalue weighted by atomic mass is 16.5. The van der Waals surface area contributed by atoms with Crippen LogP contribution in [0, 0.1) is 6.92 Å². The first-order chi connectivity index (χ1) is 18.0. The molecule has 6 rings (SSSR count). The molecule has 5 aromatic rings. The number of aliphatic carboxylic acids is 1. The molecule has 3 aromatic carbocycles. The third-order valence-corrected chi connectivity index (χ3v) is 7.36. The van der Waals surface area contributed by atoms with E-state index in [0.29, 0.717) is 19.3 Å². The van der Waals surface area contributed by atoms with E-state index in [0.717, 1.165) is 50.4 Å². The van der Waals surface area contributed by atoms with Gasteiger partial charge in [-0.1, -0.05) is 84.0 Å². The number of aryl methyl sites for hydroxylation is 1. The molecule has 1 N–H and O–H groups in total. The molecule has 0 unspecified atom stereocenters. The number of carbonyl (C=O) groups is 1. The average Bonchev–Trinajstić information content (AvgIpc) is 3.69. The molecule has 0 atom stereocenters. The Morgan fingerprint density at radius 2 is 1.54 bits per heavy atom. The highest BCUT2D eigenvalue weighted by molar-refractivity contribution is 5.85. The number of nitrogens with zero attached hydrogens (tertiary/aromatic N) is 2. The average molecular weight is 487 g/mol. The van der Waals surface area contributed by atoms with Gasteiger partial charge in [0, 0.05) is 29.9 Å². The highest BCUT2D eigenvalue weighted by Gasteiger charge is 2.51. The third kappa shape index (κ3) is 4.33. The maximum Gasteiger partial charge on any atom is 0.314 e. The van der Waals surface area contributed by atoms with E-state index in [-0.39, 0.29) is 0 Å². The van der Waals surface area contributed by atoms with Crippen molar-refractivity contribution < 1.29 is 14.4 Å². The van der Waals surface area contributed by atoms with Crippen molar-refractivity contribution in [3.63, 3.8) is 0 Å². The predicted octanol–water partition coefficient (Wildman–Crippen LogP) is 7.09. The normalized spacial score (nSPS) is 13.9. The van der Waals surface area contributed by atoms with Crippen LogP contribution in [-0.2, 0) is 16.6 Å². The first-order valence-corrected chi connectivity index (χ1v) is 12.4. The summed E-state index contributed by atoms with van der Waals surface area (Å²) >= 11 is 0. The fraction of sp³-hybridized carbons (Fsp3) is 0.156. The van der Waals surface area contributed by atoms with E-state index in [9.17, 15) is 9.90 Å². The molecule has 1 saturated carbocycles. The zero-order valence-electron chi connectivity index (χ0n) is 20.5. The lowest BCUT2D eigenvalue weighted by Gasteiger charge is -2.11. The molecule has 182 valence electrons. The fourth-order valence-electron chi connectivity index (χ4n) is 4.97. The molecule has 1 aliphatic carbocycles. The molecule has 5 nitrogen and oxygen atoms in total. The summed E-state index contributed by atoms with van der Waals surface area (Å²) in [5, 5.41) is 13.8. The summed E-state index contributed by atoms with van der Waals surface area (Å²) < 4.78 is 5.78. The van der Waals surface area contributed by atoms with Gasteiger partial charge in [0.15, 0.2) is 5.76 Å². The van der Waals surface area contributed by atoms with Gasteiger partial charge >= 0.3 is 5.97 Å². The van der Waals surface area contributed by atoms with Crippen molar-refractivity contribution in [2.75, 3.05) is 0 Å². The van der Waals surface area contributed by atoms with Crippen molar-refractivity contribution in [3.8, 4) is 33.6 Å². The van der Waals surface area contributed by atoms with Crippen LogP contribution in [0.15, 0.2) is 102 Å². The SMILES string of the molecule is Cc1noc(-c2ccc(-c3ccc(C4(C(=O)O)CC4)cc3)cc2)c1Cc1cccc(-c2cccnc2)c1.